The van der Waals surface area contributed by atoms with Crippen LogP contribution in [-0.4, -0.2) is 31.6 Å². The molecule has 9 heteroatoms. The molecule has 1 amide bonds. The highest BCUT2D eigenvalue weighted by Gasteiger charge is 2.38. The summed E-state index contributed by atoms with van der Waals surface area (Å²) in [4.78, 5) is 23.9. The highest BCUT2D eigenvalue weighted by atomic mass is 19.4. The van der Waals surface area contributed by atoms with Crippen LogP contribution in [0.5, 0.6) is 0 Å². The van der Waals surface area contributed by atoms with Gasteiger partial charge in [-0.3, -0.25) is 4.79 Å². The first-order valence-electron chi connectivity index (χ1n) is 10.9. The van der Waals surface area contributed by atoms with Crippen LogP contribution in [0.15, 0.2) is 55.1 Å². The zero-order valence-corrected chi connectivity index (χ0v) is 17.7. The molecule has 1 aliphatic rings. The summed E-state index contributed by atoms with van der Waals surface area (Å²) in [6.45, 7) is 0. The van der Waals surface area contributed by atoms with Crippen LogP contribution in [0.2, 0.25) is 0 Å². The van der Waals surface area contributed by atoms with Crippen LogP contribution >= 0.6 is 0 Å². The van der Waals surface area contributed by atoms with Gasteiger partial charge in [-0.15, -0.1) is 0 Å². The number of carbonyl (C=O) groups excluding carboxylic acids is 1. The van der Waals surface area contributed by atoms with E-state index in [1.807, 2.05) is 29.7 Å². The Morgan fingerprint density at radius 3 is 2.82 bits per heavy atom. The molecule has 0 spiro atoms. The van der Waals surface area contributed by atoms with Gasteiger partial charge in [0, 0.05) is 29.2 Å². The van der Waals surface area contributed by atoms with Crippen molar-refractivity contribution in [3.63, 3.8) is 0 Å². The highest BCUT2D eigenvalue weighted by molar-refractivity contribution is 5.95. The van der Waals surface area contributed by atoms with Crippen molar-refractivity contribution in [2.75, 3.05) is 5.32 Å². The molecule has 5 rings (SSSR count). The van der Waals surface area contributed by atoms with E-state index in [4.69, 9.17) is 0 Å². The van der Waals surface area contributed by atoms with Gasteiger partial charge < -0.3 is 9.88 Å². The fraction of sp³-hybridized carbons (Fsp3) is 0.333. The van der Waals surface area contributed by atoms with Crippen LogP contribution < -0.4 is 5.32 Å². The fourth-order valence-electron chi connectivity index (χ4n) is 4.70. The van der Waals surface area contributed by atoms with Gasteiger partial charge in [0.1, 0.15) is 17.8 Å². The van der Waals surface area contributed by atoms with Crippen molar-refractivity contribution < 1.29 is 18.0 Å². The Bertz CT molecular complexity index is 1320. The van der Waals surface area contributed by atoms with Gasteiger partial charge in [0.15, 0.2) is 0 Å². The molecule has 1 saturated carbocycles. The van der Waals surface area contributed by atoms with E-state index in [0.29, 0.717) is 17.5 Å². The van der Waals surface area contributed by atoms with Gasteiger partial charge >= 0.3 is 12.1 Å². The standard InChI is InChI=1S/C24H22F3N5O/c25-24(26,27)23(33)31-21-8-6-17-5-3-16(12-20(17)30-21)2-1-15-4-7-19(11-15)32-10-9-18-13-28-14-29-22(18)32/h3,5-6,8-10,12-15,19H,1-2,4,7,11H2,(H,30,31,33). The molecule has 1 aromatic carbocycles. The number of rotatable bonds is 5. The summed E-state index contributed by atoms with van der Waals surface area (Å²) in [5.41, 5.74) is 2.62. The Labute approximate surface area is 187 Å². The largest absolute Gasteiger partial charge is 0.471 e. The maximum absolute atomic E-state index is 12.5. The van der Waals surface area contributed by atoms with Crippen molar-refractivity contribution in [2.24, 2.45) is 5.92 Å². The average molecular weight is 453 g/mol. The van der Waals surface area contributed by atoms with Crippen molar-refractivity contribution in [3.8, 4) is 0 Å². The summed E-state index contributed by atoms with van der Waals surface area (Å²) in [7, 11) is 0. The molecular weight excluding hydrogens is 431 g/mol. The van der Waals surface area contributed by atoms with Crippen molar-refractivity contribution in [1.29, 1.82) is 0 Å². The van der Waals surface area contributed by atoms with Gasteiger partial charge in [0.2, 0.25) is 0 Å². The summed E-state index contributed by atoms with van der Waals surface area (Å²) in [6.07, 6.45) is 5.80. The second-order valence-electron chi connectivity index (χ2n) is 8.57. The fourth-order valence-corrected chi connectivity index (χ4v) is 4.70. The quantitative estimate of drug-likeness (QED) is 0.436. The lowest BCUT2D eigenvalue weighted by molar-refractivity contribution is -0.167. The number of hydrogen-bond acceptors (Lipinski definition) is 4. The SMILES string of the molecule is O=C(Nc1ccc2ccc(CCC3CCC(n4ccc5cncnc54)C3)cc2n1)C(F)(F)F. The molecule has 0 radical (unpaired) electrons. The van der Waals surface area contributed by atoms with Crippen molar-refractivity contribution >= 4 is 33.7 Å². The van der Waals surface area contributed by atoms with Crippen LogP contribution in [0.25, 0.3) is 21.9 Å². The first-order chi connectivity index (χ1) is 15.9. The number of aromatic nitrogens is 4. The zero-order chi connectivity index (χ0) is 23.0. The third-order valence-electron chi connectivity index (χ3n) is 6.38. The van der Waals surface area contributed by atoms with Crippen LogP contribution in [0.4, 0.5) is 19.0 Å². The minimum atomic E-state index is -4.95. The second kappa shape index (κ2) is 8.46. The molecule has 3 heterocycles. The maximum Gasteiger partial charge on any atom is 0.471 e. The number of nitrogens with zero attached hydrogens (tertiary/aromatic N) is 4. The first kappa shape index (κ1) is 21.4. The third-order valence-corrected chi connectivity index (χ3v) is 6.38. The number of carbonyl (C=O) groups is 1. The van der Waals surface area contributed by atoms with Crippen molar-refractivity contribution in [1.82, 2.24) is 19.5 Å². The minimum Gasteiger partial charge on any atom is -0.329 e. The molecule has 1 fully saturated rings. The molecule has 1 aliphatic carbocycles. The number of anilines is 1. The van der Waals surface area contributed by atoms with Gasteiger partial charge in [-0.2, -0.15) is 13.2 Å². The minimum absolute atomic E-state index is 0.108. The Hall–Kier alpha value is -3.49. The molecule has 3 aromatic heterocycles. The molecule has 0 saturated heterocycles. The van der Waals surface area contributed by atoms with E-state index in [2.05, 4.69) is 31.8 Å². The van der Waals surface area contributed by atoms with E-state index >= 15 is 0 Å². The number of nitrogens with one attached hydrogen (secondary N) is 1. The predicted molar refractivity (Wildman–Crippen MR) is 119 cm³/mol. The Balaban J connectivity index is 1.23. The van der Waals surface area contributed by atoms with E-state index in [-0.39, 0.29) is 5.82 Å². The number of benzene rings is 1. The molecule has 6 nitrogen and oxygen atoms in total. The Morgan fingerprint density at radius 1 is 1.12 bits per heavy atom. The molecule has 4 aromatic rings. The maximum atomic E-state index is 12.5. The third kappa shape index (κ3) is 4.53. The van der Waals surface area contributed by atoms with Gasteiger partial charge in [0.25, 0.3) is 0 Å². The van der Waals surface area contributed by atoms with Gasteiger partial charge in [0.05, 0.1) is 5.52 Å². The topological polar surface area (TPSA) is 72.7 Å². The molecular formula is C24H22F3N5O. The molecule has 0 bridgehead atoms. The number of alkyl halides is 3. The van der Waals surface area contributed by atoms with E-state index in [9.17, 15) is 18.0 Å². The monoisotopic (exact) mass is 453 g/mol. The smallest absolute Gasteiger partial charge is 0.329 e. The van der Waals surface area contributed by atoms with Gasteiger partial charge in [-0.1, -0.05) is 12.1 Å². The van der Waals surface area contributed by atoms with Crippen molar-refractivity contribution in [3.05, 3.63) is 60.7 Å². The Morgan fingerprint density at radius 2 is 1.97 bits per heavy atom. The number of amides is 1. The summed E-state index contributed by atoms with van der Waals surface area (Å²) < 4.78 is 39.8. The van der Waals surface area contributed by atoms with Gasteiger partial charge in [-0.05, 0) is 67.9 Å². The average Bonchev–Trinajstić information content (AvgIpc) is 3.43. The summed E-state index contributed by atoms with van der Waals surface area (Å²) in [5, 5.41) is 3.68. The van der Waals surface area contributed by atoms with Crippen LogP contribution in [0.1, 0.15) is 37.3 Å². The van der Waals surface area contributed by atoms with Gasteiger partial charge in [-0.25, -0.2) is 15.0 Å². The molecule has 1 N–H and O–H groups in total. The molecule has 0 aliphatic heterocycles. The number of fused-ring (bicyclic) bond motifs is 2. The number of hydrogen-bond donors (Lipinski definition) is 1. The van der Waals surface area contributed by atoms with E-state index in [1.165, 1.54) is 6.07 Å². The highest BCUT2D eigenvalue weighted by Crippen LogP contribution is 2.38. The molecule has 33 heavy (non-hydrogen) atoms. The molecule has 2 atom stereocenters. The van der Waals surface area contributed by atoms with E-state index in [0.717, 1.165) is 54.1 Å². The lowest BCUT2D eigenvalue weighted by Gasteiger charge is -2.14. The van der Waals surface area contributed by atoms with Crippen LogP contribution in [-0.2, 0) is 11.2 Å². The number of halogens is 3. The van der Waals surface area contributed by atoms with E-state index in [1.54, 1.807) is 12.4 Å². The number of aryl methyl sites for hydroxylation is 1. The predicted octanol–water partition coefficient (Wildman–Crippen LogP) is 5.45. The van der Waals surface area contributed by atoms with E-state index < -0.39 is 12.1 Å². The zero-order valence-electron chi connectivity index (χ0n) is 17.7. The summed E-state index contributed by atoms with van der Waals surface area (Å²) >= 11 is 0. The summed E-state index contributed by atoms with van der Waals surface area (Å²) in [6, 6.07) is 11.3. The number of pyridine rings is 1. The lowest BCUT2D eigenvalue weighted by atomic mass is 9.97. The second-order valence-corrected chi connectivity index (χ2v) is 8.57. The normalized spacial score (nSPS) is 18.8. The molecule has 170 valence electrons. The van der Waals surface area contributed by atoms with Crippen LogP contribution in [0.3, 0.4) is 0 Å². The summed E-state index contributed by atoms with van der Waals surface area (Å²) in [5.74, 6) is -1.54. The Kier molecular flexibility index (Phi) is 5.47. The van der Waals surface area contributed by atoms with Crippen molar-refractivity contribution in [2.45, 2.75) is 44.3 Å². The first-order valence-corrected chi connectivity index (χ1v) is 10.9. The van der Waals surface area contributed by atoms with Crippen LogP contribution in [0, 0.1) is 5.92 Å². The lowest BCUT2D eigenvalue weighted by Crippen LogP contribution is -2.30. The molecule has 2 unspecified atom stereocenters.